The number of carbonyl (C=O) groups is 2. The molecule has 0 aliphatic carbocycles. The molecule has 1 aromatic heterocycles. The summed E-state index contributed by atoms with van der Waals surface area (Å²) in [5.41, 5.74) is 3.52. The molecule has 0 aliphatic rings. The Balaban J connectivity index is 1.60. The zero-order chi connectivity index (χ0) is 22.2. The molecule has 2 N–H and O–H groups in total. The van der Waals surface area contributed by atoms with Gasteiger partial charge in [0, 0.05) is 17.8 Å². The number of carbonyl (C=O) groups excluding carboxylic acids is 2. The standard InChI is InChI=1S/C23H25N5O2S/c1-4-12-28-20(14-24-22(30)18-10-8-16(2)9-11-18)26-27-23(28)31-15-21(29)25-19-7-5-6-17(3)13-19/h4-11,13H,1,12,14-15H2,2-3H3,(H,24,30)(H,25,29). The third kappa shape index (κ3) is 6.29. The molecule has 0 spiro atoms. The second kappa shape index (κ2) is 10.6. The van der Waals surface area contributed by atoms with E-state index in [0.29, 0.717) is 23.1 Å². The number of anilines is 1. The summed E-state index contributed by atoms with van der Waals surface area (Å²) in [4.78, 5) is 24.7. The molecule has 3 rings (SSSR count). The summed E-state index contributed by atoms with van der Waals surface area (Å²) in [6.07, 6.45) is 1.73. The first-order valence-electron chi connectivity index (χ1n) is 9.83. The van der Waals surface area contributed by atoms with Crippen LogP contribution in [-0.2, 0) is 17.9 Å². The highest BCUT2D eigenvalue weighted by Gasteiger charge is 2.15. The summed E-state index contributed by atoms with van der Waals surface area (Å²) >= 11 is 1.29. The van der Waals surface area contributed by atoms with Crippen LogP contribution in [0.25, 0.3) is 0 Å². The van der Waals surface area contributed by atoms with E-state index in [1.807, 2.05) is 54.8 Å². The maximum absolute atomic E-state index is 12.4. The molecule has 0 saturated heterocycles. The second-order valence-electron chi connectivity index (χ2n) is 7.05. The van der Waals surface area contributed by atoms with Crippen molar-refractivity contribution in [3.05, 3.63) is 83.7 Å². The lowest BCUT2D eigenvalue weighted by Crippen LogP contribution is -2.24. The third-order valence-electron chi connectivity index (χ3n) is 4.46. The van der Waals surface area contributed by atoms with Gasteiger partial charge in [-0.3, -0.25) is 9.59 Å². The second-order valence-corrected chi connectivity index (χ2v) is 8.00. The van der Waals surface area contributed by atoms with Crippen LogP contribution in [-0.4, -0.2) is 32.3 Å². The molecule has 2 amide bonds. The maximum atomic E-state index is 12.4. The fraction of sp³-hybridized carbons (Fsp3) is 0.217. The van der Waals surface area contributed by atoms with Gasteiger partial charge in [0.1, 0.15) is 0 Å². The van der Waals surface area contributed by atoms with Gasteiger partial charge in [-0.25, -0.2) is 0 Å². The Morgan fingerprint density at radius 3 is 2.58 bits per heavy atom. The minimum Gasteiger partial charge on any atom is -0.345 e. The summed E-state index contributed by atoms with van der Waals surface area (Å²) in [7, 11) is 0. The van der Waals surface area contributed by atoms with Crippen molar-refractivity contribution in [1.82, 2.24) is 20.1 Å². The van der Waals surface area contributed by atoms with Gasteiger partial charge >= 0.3 is 0 Å². The Morgan fingerprint density at radius 1 is 1.10 bits per heavy atom. The minimum atomic E-state index is -0.181. The number of thioether (sulfide) groups is 1. The molecule has 0 saturated carbocycles. The van der Waals surface area contributed by atoms with E-state index in [0.717, 1.165) is 16.8 Å². The van der Waals surface area contributed by atoms with Crippen molar-refractivity contribution < 1.29 is 9.59 Å². The molecule has 0 radical (unpaired) electrons. The fourth-order valence-electron chi connectivity index (χ4n) is 2.89. The molecule has 8 heteroatoms. The molecule has 3 aromatic rings. The Labute approximate surface area is 186 Å². The lowest BCUT2D eigenvalue weighted by Gasteiger charge is -2.09. The first kappa shape index (κ1) is 22.3. The normalized spacial score (nSPS) is 10.5. The van der Waals surface area contributed by atoms with Crippen LogP contribution >= 0.6 is 11.8 Å². The van der Waals surface area contributed by atoms with Crippen LogP contribution in [0.15, 0.2) is 66.3 Å². The van der Waals surface area contributed by atoms with Gasteiger partial charge in [-0.05, 0) is 43.7 Å². The molecule has 1 heterocycles. The molecule has 160 valence electrons. The van der Waals surface area contributed by atoms with Crippen molar-refractivity contribution in [2.45, 2.75) is 32.1 Å². The average molecular weight is 436 g/mol. The quantitative estimate of drug-likeness (QED) is 0.395. The molecule has 0 bridgehead atoms. The monoisotopic (exact) mass is 435 g/mol. The molecule has 7 nitrogen and oxygen atoms in total. The van der Waals surface area contributed by atoms with Gasteiger partial charge in [-0.2, -0.15) is 0 Å². The lowest BCUT2D eigenvalue weighted by atomic mass is 10.1. The van der Waals surface area contributed by atoms with Crippen molar-refractivity contribution in [2.75, 3.05) is 11.1 Å². The number of aromatic nitrogens is 3. The topological polar surface area (TPSA) is 88.9 Å². The third-order valence-corrected chi connectivity index (χ3v) is 5.43. The first-order valence-corrected chi connectivity index (χ1v) is 10.8. The van der Waals surface area contributed by atoms with Crippen LogP contribution in [0.4, 0.5) is 5.69 Å². The Morgan fingerprint density at radius 2 is 1.87 bits per heavy atom. The van der Waals surface area contributed by atoms with Crippen LogP contribution in [0.3, 0.4) is 0 Å². The Kier molecular flexibility index (Phi) is 7.61. The number of aryl methyl sites for hydroxylation is 2. The molecular weight excluding hydrogens is 410 g/mol. The predicted octanol–water partition coefficient (Wildman–Crippen LogP) is 3.74. The number of amides is 2. The Hall–Kier alpha value is -3.39. The van der Waals surface area contributed by atoms with Gasteiger partial charge in [0.15, 0.2) is 11.0 Å². The van der Waals surface area contributed by atoms with E-state index in [9.17, 15) is 9.59 Å². The zero-order valence-corrected chi connectivity index (χ0v) is 18.4. The van der Waals surface area contributed by atoms with Gasteiger partial charge in [-0.15, -0.1) is 16.8 Å². The Bertz CT molecular complexity index is 1080. The molecule has 0 fully saturated rings. The van der Waals surface area contributed by atoms with Gasteiger partial charge in [0.2, 0.25) is 5.91 Å². The number of benzene rings is 2. The van der Waals surface area contributed by atoms with Crippen molar-refractivity contribution in [1.29, 1.82) is 0 Å². The number of allylic oxidation sites excluding steroid dienone is 1. The largest absolute Gasteiger partial charge is 0.345 e. The highest BCUT2D eigenvalue weighted by molar-refractivity contribution is 7.99. The van der Waals surface area contributed by atoms with Crippen molar-refractivity contribution in [3.63, 3.8) is 0 Å². The molecule has 2 aromatic carbocycles. The summed E-state index contributed by atoms with van der Waals surface area (Å²) < 4.78 is 1.84. The van der Waals surface area contributed by atoms with Crippen LogP contribution in [0.2, 0.25) is 0 Å². The van der Waals surface area contributed by atoms with E-state index < -0.39 is 0 Å². The summed E-state index contributed by atoms with van der Waals surface area (Å²) in [5.74, 6) is 0.485. The van der Waals surface area contributed by atoms with E-state index in [2.05, 4.69) is 27.4 Å². The van der Waals surface area contributed by atoms with Gasteiger partial charge in [-0.1, -0.05) is 47.7 Å². The SMILES string of the molecule is C=CCn1c(CNC(=O)c2ccc(C)cc2)nnc1SCC(=O)Nc1cccc(C)c1. The molecule has 0 aliphatic heterocycles. The van der Waals surface area contributed by atoms with Crippen LogP contribution < -0.4 is 10.6 Å². The number of rotatable bonds is 9. The first-order chi connectivity index (χ1) is 15.0. The zero-order valence-electron chi connectivity index (χ0n) is 17.6. The predicted molar refractivity (Wildman–Crippen MR) is 123 cm³/mol. The number of hydrogen-bond donors (Lipinski definition) is 2. The number of hydrogen-bond acceptors (Lipinski definition) is 5. The number of nitrogens with one attached hydrogen (secondary N) is 2. The lowest BCUT2D eigenvalue weighted by molar-refractivity contribution is -0.113. The molecule has 0 unspecified atom stereocenters. The van der Waals surface area contributed by atoms with Crippen LogP contribution in [0.1, 0.15) is 27.3 Å². The van der Waals surface area contributed by atoms with E-state index in [-0.39, 0.29) is 24.1 Å². The highest BCUT2D eigenvalue weighted by atomic mass is 32.2. The van der Waals surface area contributed by atoms with Crippen molar-refractivity contribution in [2.24, 2.45) is 0 Å². The molecule has 0 atom stereocenters. The summed E-state index contributed by atoms with van der Waals surface area (Å²) in [5, 5.41) is 14.7. The van der Waals surface area contributed by atoms with E-state index >= 15 is 0 Å². The summed E-state index contributed by atoms with van der Waals surface area (Å²) in [6, 6.07) is 15.0. The minimum absolute atomic E-state index is 0.127. The fourth-order valence-corrected chi connectivity index (χ4v) is 3.65. The maximum Gasteiger partial charge on any atom is 0.251 e. The van der Waals surface area contributed by atoms with E-state index in [1.165, 1.54) is 11.8 Å². The van der Waals surface area contributed by atoms with Crippen molar-refractivity contribution >= 4 is 29.3 Å². The molecule has 31 heavy (non-hydrogen) atoms. The van der Waals surface area contributed by atoms with Gasteiger partial charge in [0.25, 0.3) is 5.91 Å². The average Bonchev–Trinajstić information content (AvgIpc) is 3.13. The highest BCUT2D eigenvalue weighted by Crippen LogP contribution is 2.18. The van der Waals surface area contributed by atoms with Crippen LogP contribution in [0.5, 0.6) is 0 Å². The van der Waals surface area contributed by atoms with E-state index in [1.54, 1.807) is 18.2 Å². The van der Waals surface area contributed by atoms with E-state index in [4.69, 9.17) is 0 Å². The molecular formula is C23H25N5O2S. The van der Waals surface area contributed by atoms with Crippen LogP contribution in [0, 0.1) is 13.8 Å². The van der Waals surface area contributed by atoms with Gasteiger partial charge < -0.3 is 15.2 Å². The number of nitrogens with zero attached hydrogens (tertiary/aromatic N) is 3. The van der Waals surface area contributed by atoms with Gasteiger partial charge in [0.05, 0.1) is 12.3 Å². The summed E-state index contributed by atoms with van der Waals surface area (Å²) in [6.45, 7) is 8.42. The smallest absolute Gasteiger partial charge is 0.251 e. The van der Waals surface area contributed by atoms with Crippen molar-refractivity contribution in [3.8, 4) is 0 Å².